The topological polar surface area (TPSA) is 60.2 Å². The van der Waals surface area contributed by atoms with Crippen LogP contribution in [-0.4, -0.2) is 23.8 Å². The third-order valence-corrected chi connectivity index (χ3v) is 3.77. The Hall–Kier alpha value is -0.940. The van der Waals surface area contributed by atoms with Crippen LogP contribution in [0.15, 0.2) is 4.52 Å². The molecule has 0 radical (unpaired) electrons. The largest absolute Gasteiger partial charge is 0.373 e. The normalized spacial score (nSPS) is 18.6. The van der Waals surface area contributed by atoms with Crippen molar-refractivity contribution >= 4 is 0 Å². The SMILES string of the molecule is CCCNCc1nc(C(OC)C2CCCCC2)no1. The molecule has 1 aliphatic rings. The smallest absolute Gasteiger partial charge is 0.240 e. The first-order valence-corrected chi connectivity index (χ1v) is 7.41. The summed E-state index contributed by atoms with van der Waals surface area (Å²) in [7, 11) is 1.74. The van der Waals surface area contributed by atoms with Crippen LogP contribution in [0.5, 0.6) is 0 Å². The predicted molar refractivity (Wildman–Crippen MR) is 72.6 cm³/mol. The summed E-state index contributed by atoms with van der Waals surface area (Å²) in [5, 5.41) is 7.35. The van der Waals surface area contributed by atoms with E-state index in [0.717, 1.165) is 13.0 Å². The Bertz CT molecular complexity index is 361. The van der Waals surface area contributed by atoms with Gasteiger partial charge < -0.3 is 14.6 Å². The van der Waals surface area contributed by atoms with Crippen molar-refractivity contribution in [1.29, 1.82) is 0 Å². The van der Waals surface area contributed by atoms with Gasteiger partial charge in [-0.3, -0.25) is 0 Å². The first-order valence-electron chi connectivity index (χ1n) is 7.41. The van der Waals surface area contributed by atoms with Gasteiger partial charge in [-0.05, 0) is 31.7 Å². The third-order valence-electron chi connectivity index (χ3n) is 3.77. The summed E-state index contributed by atoms with van der Waals surface area (Å²) in [4.78, 5) is 4.46. The standard InChI is InChI=1S/C14H25N3O2/c1-3-9-15-10-12-16-14(17-19-12)13(18-2)11-7-5-4-6-8-11/h11,13,15H,3-10H2,1-2H3. The minimum Gasteiger partial charge on any atom is -0.373 e. The van der Waals surface area contributed by atoms with E-state index in [4.69, 9.17) is 9.26 Å². The fourth-order valence-corrected chi connectivity index (χ4v) is 2.77. The minimum atomic E-state index is -0.0102. The Labute approximate surface area is 115 Å². The van der Waals surface area contributed by atoms with Crippen LogP contribution in [0, 0.1) is 5.92 Å². The Balaban J connectivity index is 1.94. The monoisotopic (exact) mass is 267 g/mol. The van der Waals surface area contributed by atoms with Crippen molar-refractivity contribution in [2.24, 2.45) is 5.92 Å². The van der Waals surface area contributed by atoms with Crippen LogP contribution < -0.4 is 5.32 Å². The van der Waals surface area contributed by atoms with E-state index < -0.39 is 0 Å². The van der Waals surface area contributed by atoms with Gasteiger partial charge in [0.05, 0.1) is 6.54 Å². The molecule has 1 aliphatic carbocycles. The van der Waals surface area contributed by atoms with Crippen LogP contribution in [0.2, 0.25) is 0 Å². The number of nitrogens with zero attached hydrogens (tertiary/aromatic N) is 2. The molecule has 1 aromatic rings. The molecule has 2 rings (SSSR count). The van der Waals surface area contributed by atoms with Gasteiger partial charge in [0, 0.05) is 7.11 Å². The lowest BCUT2D eigenvalue weighted by atomic mass is 9.85. The number of hydrogen-bond donors (Lipinski definition) is 1. The fourth-order valence-electron chi connectivity index (χ4n) is 2.77. The number of aromatic nitrogens is 2. The van der Waals surface area contributed by atoms with Gasteiger partial charge in [-0.2, -0.15) is 4.98 Å². The summed E-state index contributed by atoms with van der Waals surface area (Å²) in [5.74, 6) is 1.90. The lowest BCUT2D eigenvalue weighted by molar-refractivity contribution is 0.0273. The highest BCUT2D eigenvalue weighted by atomic mass is 16.5. The van der Waals surface area contributed by atoms with Gasteiger partial charge in [-0.25, -0.2) is 0 Å². The molecule has 0 spiro atoms. The second-order valence-corrected chi connectivity index (χ2v) is 5.28. The number of hydrogen-bond acceptors (Lipinski definition) is 5. The highest BCUT2D eigenvalue weighted by molar-refractivity contribution is 4.94. The summed E-state index contributed by atoms with van der Waals surface area (Å²) in [6.45, 7) is 3.74. The van der Waals surface area contributed by atoms with Crippen molar-refractivity contribution in [3.05, 3.63) is 11.7 Å². The Morgan fingerprint density at radius 2 is 2.16 bits per heavy atom. The second kappa shape index (κ2) is 7.60. The molecular formula is C14H25N3O2. The van der Waals surface area contributed by atoms with Crippen molar-refractivity contribution in [3.8, 4) is 0 Å². The zero-order valence-electron chi connectivity index (χ0n) is 12.0. The maximum absolute atomic E-state index is 5.61. The van der Waals surface area contributed by atoms with Gasteiger partial charge in [0.1, 0.15) is 6.10 Å². The molecule has 0 bridgehead atoms. The zero-order valence-corrected chi connectivity index (χ0v) is 12.0. The quantitative estimate of drug-likeness (QED) is 0.770. The molecule has 5 heteroatoms. The fraction of sp³-hybridized carbons (Fsp3) is 0.857. The molecule has 0 aromatic carbocycles. The molecule has 108 valence electrons. The maximum atomic E-state index is 5.61. The van der Waals surface area contributed by atoms with E-state index in [1.165, 1.54) is 32.1 Å². The van der Waals surface area contributed by atoms with Gasteiger partial charge in [0.2, 0.25) is 11.7 Å². The van der Waals surface area contributed by atoms with Gasteiger partial charge >= 0.3 is 0 Å². The van der Waals surface area contributed by atoms with E-state index in [1.807, 2.05) is 0 Å². The lowest BCUT2D eigenvalue weighted by Gasteiger charge is -2.26. The molecule has 1 aromatic heterocycles. The molecule has 1 fully saturated rings. The van der Waals surface area contributed by atoms with Gasteiger partial charge in [0.25, 0.3) is 0 Å². The van der Waals surface area contributed by atoms with Crippen LogP contribution in [-0.2, 0) is 11.3 Å². The number of rotatable bonds is 7. The summed E-state index contributed by atoms with van der Waals surface area (Å²) in [5.41, 5.74) is 0. The molecule has 1 atom stereocenters. The summed E-state index contributed by atoms with van der Waals surface area (Å²) >= 11 is 0. The predicted octanol–water partition coefficient (Wildman–Crippen LogP) is 2.84. The van der Waals surface area contributed by atoms with E-state index in [-0.39, 0.29) is 6.10 Å². The van der Waals surface area contributed by atoms with E-state index in [2.05, 4.69) is 22.4 Å². The molecule has 1 saturated carbocycles. The summed E-state index contributed by atoms with van der Waals surface area (Å²) in [6.07, 6.45) is 7.41. The van der Waals surface area contributed by atoms with Gasteiger partial charge in [-0.15, -0.1) is 0 Å². The highest BCUT2D eigenvalue weighted by Gasteiger charge is 2.28. The maximum Gasteiger partial charge on any atom is 0.240 e. The van der Waals surface area contributed by atoms with Crippen molar-refractivity contribution in [2.45, 2.75) is 58.1 Å². The number of ether oxygens (including phenoxy) is 1. The molecule has 0 aliphatic heterocycles. The Morgan fingerprint density at radius 1 is 1.37 bits per heavy atom. The van der Waals surface area contributed by atoms with Crippen LogP contribution in [0.1, 0.15) is 63.3 Å². The Kier molecular flexibility index (Phi) is 5.79. The van der Waals surface area contributed by atoms with Crippen LogP contribution in [0.25, 0.3) is 0 Å². The third kappa shape index (κ3) is 4.01. The molecule has 1 N–H and O–H groups in total. The zero-order chi connectivity index (χ0) is 13.5. The molecule has 0 saturated heterocycles. The second-order valence-electron chi connectivity index (χ2n) is 5.28. The molecule has 0 amide bonds. The van der Waals surface area contributed by atoms with Crippen molar-refractivity contribution in [1.82, 2.24) is 15.5 Å². The van der Waals surface area contributed by atoms with Crippen LogP contribution >= 0.6 is 0 Å². The van der Waals surface area contributed by atoms with E-state index in [0.29, 0.717) is 24.2 Å². The van der Waals surface area contributed by atoms with Crippen LogP contribution in [0.3, 0.4) is 0 Å². The highest BCUT2D eigenvalue weighted by Crippen LogP contribution is 2.35. The van der Waals surface area contributed by atoms with Crippen molar-refractivity contribution < 1.29 is 9.26 Å². The molecule has 1 heterocycles. The molecular weight excluding hydrogens is 242 g/mol. The first kappa shape index (κ1) is 14.5. The molecule has 1 unspecified atom stereocenters. The minimum absolute atomic E-state index is 0.0102. The summed E-state index contributed by atoms with van der Waals surface area (Å²) < 4.78 is 10.9. The van der Waals surface area contributed by atoms with Crippen molar-refractivity contribution in [3.63, 3.8) is 0 Å². The summed E-state index contributed by atoms with van der Waals surface area (Å²) in [6, 6.07) is 0. The van der Waals surface area contributed by atoms with E-state index in [9.17, 15) is 0 Å². The van der Waals surface area contributed by atoms with Gasteiger partial charge in [0.15, 0.2) is 0 Å². The molecule has 5 nitrogen and oxygen atoms in total. The van der Waals surface area contributed by atoms with Gasteiger partial charge in [-0.1, -0.05) is 31.3 Å². The lowest BCUT2D eigenvalue weighted by Crippen LogP contribution is -2.19. The average Bonchev–Trinajstić information content (AvgIpc) is 2.90. The average molecular weight is 267 g/mol. The van der Waals surface area contributed by atoms with Crippen molar-refractivity contribution in [2.75, 3.05) is 13.7 Å². The van der Waals surface area contributed by atoms with E-state index in [1.54, 1.807) is 7.11 Å². The van der Waals surface area contributed by atoms with E-state index >= 15 is 0 Å². The first-order chi connectivity index (χ1) is 9.35. The van der Waals surface area contributed by atoms with Crippen LogP contribution in [0.4, 0.5) is 0 Å². The Morgan fingerprint density at radius 3 is 2.84 bits per heavy atom. The number of nitrogens with one attached hydrogen (secondary N) is 1. The number of methoxy groups -OCH3 is 1. The molecule has 19 heavy (non-hydrogen) atoms.